The molecule has 0 bridgehead atoms. The first-order chi connectivity index (χ1) is 13.6. The number of amides is 1. The van der Waals surface area contributed by atoms with Gasteiger partial charge in [0, 0.05) is 18.0 Å². The molecule has 0 spiro atoms. The zero-order chi connectivity index (χ0) is 23.0. The van der Waals surface area contributed by atoms with Crippen molar-refractivity contribution in [2.24, 2.45) is 0 Å². The Labute approximate surface area is 175 Å². The van der Waals surface area contributed by atoms with Crippen LogP contribution in [0.5, 0.6) is 0 Å². The van der Waals surface area contributed by atoms with Gasteiger partial charge in [-0.2, -0.15) is 0 Å². The highest BCUT2D eigenvalue weighted by atomic mass is 16.6. The maximum absolute atomic E-state index is 11.8. The van der Waals surface area contributed by atoms with Gasteiger partial charge in [0.25, 0.3) is 5.56 Å². The van der Waals surface area contributed by atoms with Gasteiger partial charge in [0.1, 0.15) is 11.9 Å². The van der Waals surface area contributed by atoms with Crippen LogP contribution in [0.4, 0.5) is 4.79 Å². The molecule has 0 saturated carbocycles. The third-order valence-electron chi connectivity index (χ3n) is 3.22. The molecule has 1 heterocycles. The van der Waals surface area contributed by atoms with E-state index in [0.29, 0.717) is 12.7 Å². The summed E-state index contributed by atoms with van der Waals surface area (Å²) in [5, 5.41) is 2.54. The van der Waals surface area contributed by atoms with Crippen LogP contribution in [0.15, 0.2) is 46.9 Å². The van der Waals surface area contributed by atoms with Crippen LogP contribution in [0, 0.1) is 0 Å². The zero-order valence-electron chi connectivity index (χ0n) is 19.4. The average molecular weight is 407 g/mol. The third kappa shape index (κ3) is 13.2. The fraction of sp³-hybridized carbons (Fsp3) is 0.522. The predicted octanol–water partition coefficient (Wildman–Crippen LogP) is 5.19. The van der Waals surface area contributed by atoms with Gasteiger partial charge in [-0.1, -0.05) is 45.4 Å². The van der Waals surface area contributed by atoms with Crippen molar-refractivity contribution in [1.29, 1.82) is 0 Å². The van der Waals surface area contributed by atoms with Crippen LogP contribution in [-0.4, -0.2) is 28.6 Å². The summed E-state index contributed by atoms with van der Waals surface area (Å²) in [5.41, 5.74) is 0.912. The van der Waals surface area contributed by atoms with Crippen LogP contribution in [0.3, 0.4) is 0 Å². The molecule has 1 aromatic heterocycles. The predicted molar refractivity (Wildman–Crippen MR) is 121 cm³/mol. The minimum atomic E-state index is -0.667. The van der Waals surface area contributed by atoms with Crippen molar-refractivity contribution >= 4 is 18.1 Å². The quantitative estimate of drug-likeness (QED) is 0.521. The number of carbonyl (C=O) groups excluding carboxylic acids is 2. The number of nitrogens with one attached hydrogen (secondary N) is 1. The molecule has 1 aromatic rings. The van der Waals surface area contributed by atoms with Crippen LogP contribution >= 0.6 is 0 Å². The van der Waals surface area contributed by atoms with E-state index in [0.717, 1.165) is 11.3 Å². The third-order valence-corrected chi connectivity index (χ3v) is 3.22. The molecule has 0 aliphatic carbocycles. The first-order valence-corrected chi connectivity index (χ1v) is 10.1. The van der Waals surface area contributed by atoms with Crippen LogP contribution in [0.25, 0.3) is 5.70 Å². The summed E-state index contributed by atoms with van der Waals surface area (Å²) in [5.74, 6) is 0. The molecule has 0 aliphatic rings. The van der Waals surface area contributed by atoms with E-state index in [1.807, 2.05) is 47.6 Å². The number of carbonyl (C=O) groups is 2. The number of aromatic nitrogens is 1. The lowest BCUT2D eigenvalue weighted by atomic mass is 10.1. The minimum absolute atomic E-state index is 0.111. The normalized spacial score (nSPS) is 12.4. The highest BCUT2D eigenvalue weighted by Crippen LogP contribution is 2.09. The van der Waals surface area contributed by atoms with Gasteiger partial charge in [-0.3, -0.25) is 9.36 Å². The Hall–Kier alpha value is -2.63. The van der Waals surface area contributed by atoms with Crippen LogP contribution in [0.1, 0.15) is 68.7 Å². The van der Waals surface area contributed by atoms with Gasteiger partial charge in [0.05, 0.1) is 6.04 Å². The fourth-order valence-electron chi connectivity index (χ4n) is 2.07. The van der Waals surface area contributed by atoms with Gasteiger partial charge in [0.2, 0.25) is 0 Å². The second-order valence-corrected chi connectivity index (χ2v) is 6.82. The van der Waals surface area contributed by atoms with E-state index in [1.54, 1.807) is 45.2 Å². The highest BCUT2D eigenvalue weighted by molar-refractivity contribution is 5.73. The maximum Gasteiger partial charge on any atom is 0.408 e. The van der Waals surface area contributed by atoms with Crippen molar-refractivity contribution < 1.29 is 14.3 Å². The number of hydrogen-bond acceptors (Lipinski definition) is 4. The second kappa shape index (κ2) is 15.3. The maximum atomic E-state index is 11.8. The Morgan fingerprint density at radius 1 is 1.14 bits per heavy atom. The van der Waals surface area contributed by atoms with Crippen molar-refractivity contribution in [3.8, 4) is 0 Å². The highest BCUT2D eigenvalue weighted by Gasteiger charge is 2.19. The Kier molecular flexibility index (Phi) is 15.1. The average Bonchev–Trinajstić information content (AvgIpc) is 2.67. The number of hydrogen-bond donors (Lipinski definition) is 1. The molecule has 0 aliphatic heterocycles. The van der Waals surface area contributed by atoms with Crippen molar-refractivity contribution in [2.45, 2.75) is 80.4 Å². The van der Waals surface area contributed by atoms with Crippen molar-refractivity contribution in [3.63, 3.8) is 0 Å². The Morgan fingerprint density at radius 3 is 2.21 bits per heavy atom. The molecule has 6 nitrogen and oxygen atoms in total. The lowest BCUT2D eigenvalue weighted by molar-refractivity contribution is -0.109. The standard InChI is InChI=1S/C19H26N2O4.2C2H6/c1-14(9-10-15(2)21-11-7-6-8-17(21)23)12-16(13-22)20-18(24)25-19(3,4)5;2*1-2/h6-11,13,16H,12H2,1-5H3,(H,20,24);2*1-2H3/b14-9+,15-10+;;. The van der Waals surface area contributed by atoms with Crippen LogP contribution in [0.2, 0.25) is 0 Å². The first kappa shape index (κ1) is 28.6. The molecule has 29 heavy (non-hydrogen) atoms. The van der Waals surface area contributed by atoms with Gasteiger partial charge in [-0.15, -0.1) is 0 Å². The van der Waals surface area contributed by atoms with Crippen molar-refractivity contribution in [1.82, 2.24) is 9.88 Å². The van der Waals surface area contributed by atoms with E-state index in [-0.39, 0.29) is 5.56 Å². The molecule has 1 unspecified atom stereocenters. The molecule has 6 heteroatoms. The Balaban J connectivity index is 0. The van der Waals surface area contributed by atoms with E-state index >= 15 is 0 Å². The van der Waals surface area contributed by atoms with Crippen molar-refractivity contribution in [2.75, 3.05) is 0 Å². The number of ether oxygens (including phenoxy) is 1. The van der Waals surface area contributed by atoms with E-state index in [1.165, 1.54) is 10.6 Å². The number of nitrogens with zero attached hydrogens (tertiary/aromatic N) is 1. The molecule has 0 fully saturated rings. The summed E-state index contributed by atoms with van der Waals surface area (Å²) in [7, 11) is 0. The molecule has 0 saturated heterocycles. The summed E-state index contributed by atoms with van der Waals surface area (Å²) in [4.78, 5) is 34.7. The van der Waals surface area contributed by atoms with E-state index in [4.69, 9.17) is 4.74 Å². The van der Waals surface area contributed by atoms with E-state index in [9.17, 15) is 14.4 Å². The lowest BCUT2D eigenvalue weighted by Gasteiger charge is -2.21. The Bertz CT molecular complexity index is 725. The van der Waals surface area contributed by atoms with E-state index < -0.39 is 17.7 Å². The lowest BCUT2D eigenvalue weighted by Crippen LogP contribution is -2.40. The summed E-state index contributed by atoms with van der Waals surface area (Å²) in [6, 6.07) is 4.28. The van der Waals surface area contributed by atoms with Crippen LogP contribution in [-0.2, 0) is 9.53 Å². The van der Waals surface area contributed by atoms with Gasteiger partial charge in [0.15, 0.2) is 0 Å². The van der Waals surface area contributed by atoms with Crippen molar-refractivity contribution in [3.05, 3.63) is 52.5 Å². The van der Waals surface area contributed by atoms with Crippen LogP contribution < -0.4 is 10.9 Å². The first-order valence-electron chi connectivity index (χ1n) is 10.1. The molecule has 1 N–H and O–H groups in total. The second-order valence-electron chi connectivity index (χ2n) is 6.82. The number of allylic oxidation sites excluding steroid dienone is 3. The van der Waals surface area contributed by atoms with Gasteiger partial charge in [-0.05, 0) is 53.2 Å². The fourth-order valence-corrected chi connectivity index (χ4v) is 2.07. The number of pyridine rings is 1. The van der Waals surface area contributed by atoms with Gasteiger partial charge < -0.3 is 14.8 Å². The van der Waals surface area contributed by atoms with E-state index in [2.05, 4.69) is 5.32 Å². The number of alkyl carbamates (subject to hydrolysis) is 1. The SMILES string of the molecule is C/C(=C\C=C(/C)n1ccccc1=O)CC(C=O)NC(=O)OC(C)(C)C.CC.CC. The molecule has 0 radical (unpaired) electrons. The topological polar surface area (TPSA) is 77.4 Å². The summed E-state index contributed by atoms with van der Waals surface area (Å²) in [6.45, 7) is 16.9. The number of rotatable bonds is 6. The summed E-state index contributed by atoms with van der Waals surface area (Å²) in [6.07, 6.45) is 5.72. The Morgan fingerprint density at radius 2 is 1.72 bits per heavy atom. The minimum Gasteiger partial charge on any atom is -0.444 e. The molecule has 1 amide bonds. The monoisotopic (exact) mass is 406 g/mol. The molecule has 1 atom stereocenters. The molecule has 0 aromatic carbocycles. The largest absolute Gasteiger partial charge is 0.444 e. The molecular formula is C23H38N2O4. The summed E-state index contributed by atoms with van der Waals surface area (Å²) < 4.78 is 6.67. The van der Waals surface area contributed by atoms with Gasteiger partial charge >= 0.3 is 6.09 Å². The smallest absolute Gasteiger partial charge is 0.408 e. The summed E-state index contributed by atoms with van der Waals surface area (Å²) >= 11 is 0. The van der Waals surface area contributed by atoms with Gasteiger partial charge in [-0.25, -0.2) is 4.79 Å². The molecular weight excluding hydrogens is 368 g/mol. The molecule has 164 valence electrons. The molecule has 1 rings (SSSR count). The zero-order valence-corrected chi connectivity index (χ0v) is 19.4. The number of aldehydes is 1.